The Morgan fingerprint density at radius 3 is 2.81 bits per heavy atom. The number of hydrogen-bond acceptors (Lipinski definition) is 2. The Balaban J connectivity index is 2.43. The molecule has 1 rings (SSSR count). The third-order valence-corrected chi connectivity index (χ3v) is 2.98. The van der Waals surface area contributed by atoms with E-state index >= 15 is 0 Å². The highest BCUT2D eigenvalue weighted by atomic mass is 16.3. The van der Waals surface area contributed by atoms with Crippen LogP contribution in [0.25, 0.3) is 0 Å². The number of carbonyl (C=O) groups is 1. The molecule has 0 aromatic rings. The standard InChI is InChI=1S/C13H23NO2/c1-2-8-14(9-10-15)13(16)11-12-6-4-3-5-7-12/h6,15H,2-5,7-11H2,1H3. The summed E-state index contributed by atoms with van der Waals surface area (Å²) in [5, 5.41) is 8.91. The number of allylic oxidation sites excluding steroid dienone is 1. The van der Waals surface area contributed by atoms with Crippen LogP contribution < -0.4 is 0 Å². The van der Waals surface area contributed by atoms with Crippen LogP contribution in [0.5, 0.6) is 0 Å². The van der Waals surface area contributed by atoms with Crippen LogP contribution in [0.4, 0.5) is 0 Å². The van der Waals surface area contributed by atoms with Crippen LogP contribution in [0, 0.1) is 0 Å². The van der Waals surface area contributed by atoms with Crippen LogP contribution in [0.15, 0.2) is 11.6 Å². The summed E-state index contributed by atoms with van der Waals surface area (Å²) in [6.45, 7) is 3.34. The second-order valence-corrected chi connectivity index (χ2v) is 4.39. The lowest BCUT2D eigenvalue weighted by atomic mass is 9.97. The molecular weight excluding hydrogens is 202 g/mol. The Labute approximate surface area is 98.1 Å². The van der Waals surface area contributed by atoms with Gasteiger partial charge in [-0.05, 0) is 32.1 Å². The summed E-state index contributed by atoms with van der Waals surface area (Å²) in [4.78, 5) is 13.7. The molecule has 0 heterocycles. The molecule has 0 aromatic carbocycles. The molecule has 1 amide bonds. The fourth-order valence-corrected chi connectivity index (χ4v) is 2.12. The number of rotatable bonds is 6. The highest BCUT2D eigenvalue weighted by Gasteiger charge is 2.14. The number of hydrogen-bond donors (Lipinski definition) is 1. The third-order valence-electron chi connectivity index (χ3n) is 2.98. The maximum Gasteiger partial charge on any atom is 0.226 e. The van der Waals surface area contributed by atoms with Gasteiger partial charge in [0.25, 0.3) is 0 Å². The van der Waals surface area contributed by atoms with Crippen LogP contribution in [-0.2, 0) is 4.79 Å². The lowest BCUT2D eigenvalue weighted by Crippen LogP contribution is -2.34. The molecule has 92 valence electrons. The van der Waals surface area contributed by atoms with E-state index in [0.717, 1.165) is 25.8 Å². The van der Waals surface area contributed by atoms with Crippen molar-refractivity contribution in [2.75, 3.05) is 19.7 Å². The minimum absolute atomic E-state index is 0.0603. The predicted molar refractivity (Wildman–Crippen MR) is 65.1 cm³/mol. The molecule has 0 aliphatic heterocycles. The molecule has 0 saturated heterocycles. The van der Waals surface area contributed by atoms with Crippen LogP contribution in [0.2, 0.25) is 0 Å². The van der Waals surface area contributed by atoms with E-state index < -0.39 is 0 Å². The lowest BCUT2D eigenvalue weighted by Gasteiger charge is -2.22. The van der Waals surface area contributed by atoms with Gasteiger partial charge in [-0.3, -0.25) is 4.79 Å². The fourth-order valence-electron chi connectivity index (χ4n) is 2.12. The average Bonchev–Trinajstić information content (AvgIpc) is 2.30. The van der Waals surface area contributed by atoms with Gasteiger partial charge in [0.1, 0.15) is 0 Å². The first-order chi connectivity index (χ1) is 7.77. The molecular formula is C13H23NO2. The monoisotopic (exact) mass is 225 g/mol. The van der Waals surface area contributed by atoms with Crippen LogP contribution in [-0.4, -0.2) is 35.6 Å². The Bertz CT molecular complexity index is 242. The second-order valence-electron chi connectivity index (χ2n) is 4.39. The molecule has 0 radical (unpaired) electrons. The SMILES string of the molecule is CCCN(CCO)C(=O)CC1=CCCCC1. The van der Waals surface area contributed by atoms with Crippen LogP contribution >= 0.6 is 0 Å². The summed E-state index contributed by atoms with van der Waals surface area (Å²) < 4.78 is 0. The van der Waals surface area contributed by atoms with Gasteiger partial charge >= 0.3 is 0 Å². The maximum atomic E-state index is 12.0. The van der Waals surface area contributed by atoms with E-state index in [1.54, 1.807) is 4.90 Å². The molecule has 0 atom stereocenters. The highest BCUT2D eigenvalue weighted by molar-refractivity contribution is 5.78. The van der Waals surface area contributed by atoms with Crippen molar-refractivity contribution in [2.45, 2.75) is 45.4 Å². The van der Waals surface area contributed by atoms with Crippen molar-refractivity contribution in [1.82, 2.24) is 4.90 Å². The molecule has 1 N–H and O–H groups in total. The zero-order valence-electron chi connectivity index (χ0n) is 10.2. The quantitative estimate of drug-likeness (QED) is 0.703. The van der Waals surface area contributed by atoms with E-state index in [9.17, 15) is 4.79 Å². The second kappa shape index (κ2) is 7.44. The molecule has 1 aliphatic carbocycles. The van der Waals surface area contributed by atoms with Crippen molar-refractivity contribution in [2.24, 2.45) is 0 Å². The Hall–Kier alpha value is -0.830. The van der Waals surface area contributed by atoms with E-state index in [0.29, 0.717) is 13.0 Å². The summed E-state index contributed by atoms with van der Waals surface area (Å²) in [5.41, 5.74) is 1.29. The summed E-state index contributed by atoms with van der Waals surface area (Å²) in [7, 11) is 0. The number of aliphatic hydroxyl groups is 1. The molecule has 16 heavy (non-hydrogen) atoms. The van der Waals surface area contributed by atoms with Gasteiger partial charge in [-0.1, -0.05) is 18.6 Å². The smallest absolute Gasteiger partial charge is 0.226 e. The Morgan fingerprint density at radius 1 is 1.44 bits per heavy atom. The zero-order valence-corrected chi connectivity index (χ0v) is 10.2. The normalized spacial score (nSPS) is 15.8. The fraction of sp³-hybridized carbons (Fsp3) is 0.769. The van der Waals surface area contributed by atoms with Crippen molar-refractivity contribution in [3.05, 3.63) is 11.6 Å². The van der Waals surface area contributed by atoms with Crippen LogP contribution in [0.1, 0.15) is 45.4 Å². The average molecular weight is 225 g/mol. The number of nitrogens with zero attached hydrogens (tertiary/aromatic N) is 1. The first-order valence-electron chi connectivity index (χ1n) is 6.34. The van der Waals surface area contributed by atoms with Crippen molar-refractivity contribution < 1.29 is 9.90 Å². The van der Waals surface area contributed by atoms with Gasteiger partial charge in [-0.25, -0.2) is 0 Å². The number of aliphatic hydroxyl groups excluding tert-OH is 1. The van der Waals surface area contributed by atoms with E-state index in [-0.39, 0.29) is 12.5 Å². The molecule has 0 bridgehead atoms. The molecule has 1 aliphatic rings. The van der Waals surface area contributed by atoms with E-state index in [1.807, 2.05) is 0 Å². The van der Waals surface area contributed by atoms with Gasteiger partial charge in [0, 0.05) is 19.5 Å². The minimum Gasteiger partial charge on any atom is -0.395 e. The Kier molecular flexibility index (Phi) is 6.16. The van der Waals surface area contributed by atoms with E-state index in [4.69, 9.17) is 5.11 Å². The molecule has 0 fully saturated rings. The van der Waals surface area contributed by atoms with Gasteiger partial charge in [-0.2, -0.15) is 0 Å². The predicted octanol–water partition coefficient (Wildman–Crippen LogP) is 2.11. The first-order valence-corrected chi connectivity index (χ1v) is 6.34. The molecule has 3 heteroatoms. The zero-order chi connectivity index (χ0) is 11.8. The molecule has 0 aromatic heterocycles. The van der Waals surface area contributed by atoms with Gasteiger partial charge in [0.15, 0.2) is 0 Å². The van der Waals surface area contributed by atoms with Crippen molar-refractivity contribution in [3.8, 4) is 0 Å². The van der Waals surface area contributed by atoms with Gasteiger partial charge in [0.05, 0.1) is 6.61 Å². The van der Waals surface area contributed by atoms with Gasteiger partial charge in [0.2, 0.25) is 5.91 Å². The van der Waals surface area contributed by atoms with Gasteiger partial charge < -0.3 is 10.0 Å². The molecule has 3 nitrogen and oxygen atoms in total. The molecule has 0 saturated carbocycles. The van der Waals surface area contributed by atoms with Crippen molar-refractivity contribution in [1.29, 1.82) is 0 Å². The van der Waals surface area contributed by atoms with Crippen molar-refractivity contribution >= 4 is 5.91 Å². The summed E-state index contributed by atoms with van der Waals surface area (Å²) in [6, 6.07) is 0. The third kappa shape index (κ3) is 4.35. The number of amides is 1. The highest BCUT2D eigenvalue weighted by Crippen LogP contribution is 2.20. The van der Waals surface area contributed by atoms with Crippen molar-refractivity contribution in [3.63, 3.8) is 0 Å². The van der Waals surface area contributed by atoms with Gasteiger partial charge in [-0.15, -0.1) is 0 Å². The molecule has 0 spiro atoms. The summed E-state index contributed by atoms with van der Waals surface area (Å²) in [5.74, 6) is 0.170. The topological polar surface area (TPSA) is 40.5 Å². The minimum atomic E-state index is 0.0603. The largest absolute Gasteiger partial charge is 0.395 e. The van der Waals surface area contributed by atoms with Crippen LogP contribution in [0.3, 0.4) is 0 Å². The van der Waals surface area contributed by atoms with E-state index in [2.05, 4.69) is 13.0 Å². The number of carbonyl (C=O) groups excluding carboxylic acids is 1. The summed E-state index contributed by atoms with van der Waals surface area (Å²) in [6.07, 6.45) is 8.39. The lowest BCUT2D eigenvalue weighted by molar-refractivity contribution is -0.131. The summed E-state index contributed by atoms with van der Waals surface area (Å²) >= 11 is 0. The molecule has 0 unspecified atom stereocenters. The maximum absolute atomic E-state index is 12.0. The first kappa shape index (κ1) is 13.2. The van der Waals surface area contributed by atoms with E-state index in [1.165, 1.54) is 18.4 Å². The Morgan fingerprint density at radius 2 is 2.25 bits per heavy atom.